The molecule has 0 aliphatic rings. The summed E-state index contributed by atoms with van der Waals surface area (Å²) >= 11 is 1.29. The summed E-state index contributed by atoms with van der Waals surface area (Å²) in [4.78, 5) is 8.22. The van der Waals surface area contributed by atoms with Crippen LogP contribution < -0.4 is 0 Å². The zero-order valence-corrected chi connectivity index (χ0v) is 10.7. The molecule has 3 aromatic rings. The molecule has 0 aliphatic carbocycles. The molecule has 0 radical (unpaired) electrons. The van der Waals surface area contributed by atoms with E-state index < -0.39 is 11.7 Å². The van der Waals surface area contributed by atoms with Crippen LogP contribution in [0.4, 0.5) is 13.2 Å². The van der Waals surface area contributed by atoms with Gasteiger partial charge in [-0.3, -0.25) is 5.10 Å². The molecule has 0 bridgehead atoms. The molecule has 2 aromatic heterocycles. The second-order valence-corrected chi connectivity index (χ2v) is 4.81. The highest BCUT2D eigenvalue weighted by Gasteiger charge is 2.30. The summed E-state index contributed by atoms with van der Waals surface area (Å²) in [6.07, 6.45) is -3.01. The molecular formula is C12H7F3N4S. The van der Waals surface area contributed by atoms with Crippen LogP contribution in [0.2, 0.25) is 0 Å². The van der Waals surface area contributed by atoms with Gasteiger partial charge in [0.05, 0.1) is 11.3 Å². The van der Waals surface area contributed by atoms with E-state index in [2.05, 4.69) is 20.2 Å². The average Bonchev–Trinajstić information content (AvgIpc) is 3.09. The van der Waals surface area contributed by atoms with Crippen LogP contribution in [0.25, 0.3) is 22.1 Å². The van der Waals surface area contributed by atoms with E-state index in [4.69, 9.17) is 0 Å². The van der Waals surface area contributed by atoms with Crippen molar-refractivity contribution < 1.29 is 13.2 Å². The van der Waals surface area contributed by atoms with E-state index >= 15 is 0 Å². The molecule has 2 heterocycles. The fourth-order valence-corrected chi connectivity index (χ4v) is 2.45. The van der Waals surface area contributed by atoms with Gasteiger partial charge in [-0.05, 0) is 12.1 Å². The van der Waals surface area contributed by atoms with Gasteiger partial charge in [-0.25, -0.2) is 9.97 Å². The van der Waals surface area contributed by atoms with Gasteiger partial charge in [-0.15, -0.1) is 11.3 Å². The zero-order valence-electron chi connectivity index (χ0n) is 9.85. The number of halogens is 3. The van der Waals surface area contributed by atoms with Crippen LogP contribution in [0, 0.1) is 0 Å². The van der Waals surface area contributed by atoms with Crippen LogP contribution in [0.15, 0.2) is 36.0 Å². The zero-order chi connectivity index (χ0) is 14.2. The van der Waals surface area contributed by atoms with E-state index in [1.807, 2.05) is 0 Å². The van der Waals surface area contributed by atoms with E-state index in [0.29, 0.717) is 22.1 Å². The molecule has 1 aromatic carbocycles. The predicted octanol–water partition coefficient (Wildman–Crippen LogP) is 3.61. The highest BCUT2D eigenvalue weighted by atomic mass is 32.1. The molecule has 0 atom stereocenters. The van der Waals surface area contributed by atoms with E-state index in [1.54, 1.807) is 11.4 Å². The lowest BCUT2D eigenvalue weighted by Crippen LogP contribution is -2.04. The number of hydrogen-bond acceptors (Lipinski definition) is 4. The van der Waals surface area contributed by atoms with Crippen molar-refractivity contribution in [2.24, 2.45) is 0 Å². The number of alkyl halides is 3. The number of H-pyrrole nitrogens is 1. The molecule has 0 unspecified atom stereocenters. The Labute approximate surface area is 115 Å². The molecule has 0 fully saturated rings. The Morgan fingerprint density at radius 1 is 1.20 bits per heavy atom. The Morgan fingerprint density at radius 3 is 2.75 bits per heavy atom. The van der Waals surface area contributed by atoms with Crippen molar-refractivity contribution in [1.29, 1.82) is 0 Å². The first-order valence-electron chi connectivity index (χ1n) is 5.53. The van der Waals surface area contributed by atoms with E-state index in [-0.39, 0.29) is 0 Å². The van der Waals surface area contributed by atoms with Gasteiger partial charge >= 0.3 is 6.18 Å². The number of benzene rings is 1. The first-order valence-corrected chi connectivity index (χ1v) is 6.41. The number of nitrogens with one attached hydrogen (secondary N) is 1. The fourth-order valence-electron chi connectivity index (χ4n) is 1.68. The molecule has 0 saturated heterocycles. The number of hydrogen-bond donors (Lipinski definition) is 1. The summed E-state index contributed by atoms with van der Waals surface area (Å²) < 4.78 is 38.0. The normalized spacial score (nSPS) is 11.8. The molecule has 20 heavy (non-hydrogen) atoms. The average molecular weight is 296 g/mol. The Kier molecular flexibility index (Phi) is 3.01. The summed E-state index contributed by atoms with van der Waals surface area (Å²) in [5.74, 6) is 0.494. The van der Waals surface area contributed by atoms with Crippen molar-refractivity contribution >= 4 is 11.3 Å². The summed E-state index contributed by atoms with van der Waals surface area (Å²) in [6, 6.07) is 5.08. The molecule has 0 aliphatic heterocycles. The third kappa shape index (κ3) is 2.42. The lowest BCUT2D eigenvalue weighted by molar-refractivity contribution is -0.137. The van der Waals surface area contributed by atoms with Crippen LogP contribution in [-0.2, 0) is 6.18 Å². The number of nitrogens with zero attached hydrogens (tertiary/aromatic N) is 3. The van der Waals surface area contributed by atoms with E-state index in [9.17, 15) is 13.2 Å². The van der Waals surface area contributed by atoms with Crippen LogP contribution in [-0.4, -0.2) is 20.2 Å². The standard InChI is InChI=1S/C12H7F3N4S/c13-12(14,15)8-3-1-2-7(4-8)9-5-20-11(18-9)10-16-6-17-19-10/h1-6H,(H,16,17,19). The van der Waals surface area contributed by atoms with E-state index in [1.165, 1.54) is 23.7 Å². The number of rotatable bonds is 2. The summed E-state index contributed by atoms with van der Waals surface area (Å²) in [7, 11) is 0. The summed E-state index contributed by atoms with van der Waals surface area (Å²) in [6.45, 7) is 0. The van der Waals surface area contributed by atoms with Gasteiger partial charge in [-0.1, -0.05) is 12.1 Å². The highest BCUT2D eigenvalue weighted by Crippen LogP contribution is 2.33. The first kappa shape index (κ1) is 12.8. The quantitative estimate of drug-likeness (QED) is 0.786. The third-order valence-corrected chi connectivity index (χ3v) is 3.46. The lowest BCUT2D eigenvalue weighted by atomic mass is 10.1. The first-order chi connectivity index (χ1) is 9.54. The van der Waals surface area contributed by atoms with Crippen molar-refractivity contribution in [2.45, 2.75) is 6.18 Å². The maximum atomic E-state index is 12.7. The van der Waals surface area contributed by atoms with Gasteiger partial charge in [-0.2, -0.15) is 18.3 Å². The Bertz CT molecular complexity index is 718. The van der Waals surface area contributed by atoms with Crippen molar-refractivity contribution in [3.05, 3.63) is 41.5 Å². The number of aromatic amines is 1. The molecule has 0 saturated carbocycles. The largest absolute Gasteiger partial charge is 0.416 e. The van der Waals surface area contributed by atoms with Gasteiger partial charge in [0.2, 0.25) is 0 Å². The lowest BCUT2D eigenvalue weighted by Gasteiger charge is -2.07. The molecular weight excluding hydrogens is 289 g/mol. The molecule has 8 heteroatoms. The van der Waals surface area contributed by atoms with Crippen molar-refractivity contribution in [2.75, 3.05) is 0 Å². The monoisotopic (exact) mass is 296 g/mol. The second kappa shape index (κ2) is 4.71. The number of thiazole rings is 1. The minimum absolute atomic E-state index is 0.418. The third-order valence-electron chi connectivity index (χ3n) is 2.61. The smallest absolute Gasteiger partial charge is 0.257 e. The molecule has 4 nitrogen and oxygen atoms in total. The minimum atomic E-state index is -4.36. The van der Waals surface area contributed by atoms with E-state index in [0.717, 1.165) is 12.1 Å². The van der Waals surface area contributed by atoms with Crippen LogP contribution in [0.1, 0.15) is 5.56 Å². The van der Waals surface area contributed by atoms with Crippen molar-refractivity contribution in [3.8, 4) is 22.1 Å². The molecule has 0 amide bonds. The molecule has 3 rings (SSSR count). The maximum absolute atomic E-state index is 12.7. The summed E-state index contributed by atoms with van der Waals surface area (Å²) in [5.41, 5.74) is 0.207. The van der Waals surface area contributed by atoms with Crippen LogP contribution >= 0.6 is 11.3 Å². The second-order valence-electron chi connectivity index (χ2n) is 3.95. The van der Waals surface area contributed by atoms with Crippen molar-refractivity contribution in [1.82, 2.24) is 20.2 Å². The highest BCUT2D eigenvalue weighted by molar-refractivity contribution is 7.13. The SMILES string of the molecule is FC(F)(F)c1cccc(-c2csc(-c3ncn[nH]3)n2)c1. The Hall–Kier alpha value is -2.22. The van der Waals surface area contributed by atoms with Crippen LogP contribution in [0.5, 0.6) is 0 Å². The molecule has 102 valence electrons. The van der Waals surface area contributed by atoms with Gasteiger partial charge in [0.1, 0.15) is 6.33 Å². The van der Waals surface area contributed by atoms with Gasteiger partial charge in [0.25, 0.3) is 0 Å². The minimum Gasteiger partial charge on any atom is -0.257 e. The topological polar surface area (TPSA) is 54.5 Å². The summed E-state index contributed by atoms with van der Waals surface area (Å²) in [5, 5.41) is 8.64. The predicted molar refractivity (Wildman–Crippen MR) is 67.9 cm³/mol. The maximum Gasteiger partial charge on any atom is 0.416 e. The molecule has 1 N–H and O–H groups in total. The van der Waals surface area contributed by atoms with Gasteiger partial charge < -0.3 is 0 Å². The van der Waals surface area contributed by atoms with Gasteiger partial charge in [0, 0.05) is 10.9 Å². The Morgan fingerprint density at radius 2 is 2.05 bits per heavy atom. The van der Waals surface area contributed by atoms with Gasteiger partial charge in [0.15, 0.2) is 10.8 Å². The Balaban J connectivity index is 1.98. The van der Waals surface area contributed by atoms with Crippen LogP contribution in [0.3, 0.4) is 0 Å². The molecule has 0 spiro atoms. The van der Waals surface area contributed by atoms with Crippen molar-refractivity contribution in [3.63, 3.8) is 0 Å². The fraction of sp³-hybridized carbons (Fsp3) is 0.0833. The number of aromatic nitrogens is 4.